The van der Waals surface area contributed by atoms with E-state index in [1.165, 1.54) is 12.8 Å². The maximum absolute atomic E-state index is 13.1. The molecule has 4 rings (SSSR count). The molecule has 134 valence electrons. The standard InChI is InChI=1S/C21H23N3O2/c1-14-11-18(23-20(25)12-15-8-9-15)17-6-2-3-7-19(17)24(14)21(26)16-5-4-10-22-13-16/h2-7,10,13-15,18H,8-9,11-12H2,1H3,(H,23,25). The molecule has 2 unspecified atom stereocenters. The highest BCUT2D eigenvalue weighted by atomic mass is 16.2. The van der Waals surface area contributed by atoms with Gasteiger partial charge in [-0.3, -0.25) is 14.6 Å². The van der Waals surface area contributed by atoms with Gasteiger partial charge in [0.1, 0.15) is 0 Å². The summed E-state index contributed by atoms with van der Waals surface area (Å²) in [6, 6.07) is 11.4. The van der Waals surface area contributed by atoms with Crippen molar-refractivity contribution in [1.29, 1.82) is 0 Å². The van der Waals surface area contributed by atoms with Gasteiger partial charge in [0.15, 0.2) is 0 Å². The van der Waals surface area contributed by atoms with Gasteiger partial charge in [-0.05, 0) is 55.9 Å². The minimum atomic E-state index is -0.0548. The molecule has 1 N–H and O–H groups in total. The van der Waals surface area contributed by atoms with Crippen molar-refractivity contribution < 1.29 is 9.59 Å². The summed E-state index contributed by atoms with van der Waals surface area (Å²) < 4.78 is 0. The second kappa shape index (κ2) is 6.90. The Bertz CT molecular complexity index is 817. The molecule has 5 nitrogen and oxygen atoms in total. The highest BCUT2D eigenvalue weighted by Crippen LogP contribution is 2.38. The predicted molar refractivity (Wildman–Crippen MR) is 99.8 cm³/mol. The summed E-state index contributed by atoms with van der Waals surface area (Å²) >= 11 is 0. The first-order valence-corrected chi connectivity index (χ1v) is 9.25. The summed E-state index contributed by atoms with van der Waals surface area (Å²) in [6.07, 6.45) is 6.92. The summed E-state index contributed by atoms with van der Waals surface area (Å²) in [5.41, 5.74) is 2.45. The Labute approximate surface area is 153 Å². The molecule has 1 fully saturated rings. The van der Waals surface area contributed by atoms with E-state index in [4.69, 9.17) is 0 Å². The number of hydrogen-bond acceptors (Lipinski definition) is 3. The first kappa shape index (κ1) is 16.8. The van der Waals surface area contributed by atoms with E-state index in [0.29, 0.717) is 24.3 Å². The third kappa shape index (κ3) is 3.34. The van der Waals surface area contributed by atoms with Crippen molar-refractivity contribution in [3.8, 4) is 0 Å². The van der Waals surface area contributed by atoms with Gasteiger partial charge in [-0.1, -0.05) is 18.2 Å². The number of hydrogen-bond donors (Lipinski definition) is 1. The van der Waals surface area contributed by atoms with Crippen LogP contribution in [0.25, 0.3) is 0 Å². The highest BCUT2D eigenvalue weighted by molar-refractivity contribution is 6.07. The second-order valence-electron chi connectivity index (χ2n) is 7.33. The van der Waals surface area contributed by atoms with E-state index in [2.05, 4.69) is 10.3 Å². The molecule has 2 atom stereocenters. The smallest absolute Gasteiger partial charge is 0.260 e. The number of carbonyl (C=O) groups is 2. The molecule has 0 spiro atoms. The Morgan fingerprint density at radius 3 is 2.73 bits per heavy atom. The molecule has 2 heterocycles. The zero-order valence-corrected chi connectivity index (χ0v) is 14.9. The van der Waals surface area contributed by atoms with Crippen molar-refractivity contribution in [2.75, 3.05) is 4.90 Å². The molecule has 26 heavy (non-hydrogen) atoms. The zero-order chi connectivity index (χ0) is 18.1. The number of rotatable bonds is 4. The van der Waals surface area contributed by atoms with Crippen molar-refractivity contribution in [1.82, 2.24) is 10.3 Å². The summed E-state index contributed by atoms with van der Waals surface area (Å²) in [5.74, 6) is 0.627. The molecule has 2 aromatic rings. The molecular weight excluding hydrogens is 326 g/mol. The number of benzene rings is 1. The monoisotopic (exact) mass is 349 g/mol. The maximum atomic E-state index is 13.1. The third-order valence-electron chi connectivity index (χ3n) is 5.22. The number of nitrogens with zero attached hydrogens (tertiary/aromatic N) is 2. The lowest BCUT2D eigenvalue weighted by atomic mass is 9.91. The Hall–Kier alpha value is -2.69. The van der Waals surface area contributed by atoms with Gasteiger partial charge in [0.05, 0.1) is 11.6 Å². The molecule has 0 bridgehead atoms. The molecule has 5 heteroatoms. The lowest BCUT2D eigenvalue weighted by Gasteiger charge is -2.39. The Balaban J connectivity index is 1.61. The van der Waals surface area contributed by atoms with Crippen molar-refractivity contribution in [2.45, 2.75) is 44.7 Å². The average Bonchev–Trinajstić information content (AvgIpc) is 3.46. The Morgan fingerprint density at radius 2 is 2.00 bits per heavy atom. The summed E-state index contributed by atoms with van der Waals surface area (Å²) in [4.78, 5) is 31.3. The van der Waals surface area contributed by atoms with Gasteiger partial charge in [0.25, 0.3) is 5.91 Å². The zero-order valence-electron chi connectivity index (χ0n) is 14.9. The van der Waals surface area contributed by atoms with Crippen LogP contribution in [0.15, 0.2) is 48.8 Å². The second-order valence-corrected chi connectivity index (χ2v) is 7.33. The number of amides is 2. The van der Waals surface area contributed by atoms with Crippen LogP contribution in [-0.2, 0) is 4.79 Å². The number of nitrogens with one attached hydrogen (secondary N) is 1. The van der Waals surface area contributed by atoms with Gasteiger partial charge in [0.2, 0.25) is 5.91 Å². The van der Waals surface area contributed by atoms with Crippen molar-refractivity contribution in [3.05, 3.63) is 59.9 Å². The van der Waals surface area contributed by atoms with E-state index in [1.807, 2.05) is 36.1 Å². The van der Waals surface area contributed by atoms with Crippen LogP contribution in [0.5, 0.6) is 0 Å². The van der Waals surface area contributed by atoms with Crippen molar-refractivity contribution in [3.63, 3.8) is 0 Å². The average molecular weight is 349 g/mol. The number of carbonyl (C=O) groups excluding carboxylic acids is 2. The van der Waals surface area contributed by atoms with E-state index >= 15 is 0 Å². The maximum Gasteiger partial charge on any atom is 0.260 e. The first-order valence-electron chi connectivity index (χ1n) is 9.25. The van der Waals surface area contributed by atoms with Crippen LogP contribution in [0, 0.1) is 5.92 Å². The molecule has 1 aliphatic carbocycles. The van der Waals surface area contributed by atoms with Gasteiger partial charge in [-0.2, -0.15) is 0 Å². The van der Waals surface area contributed by atoms with Crippen LogP contribution in [0.1, 0.15) is 54.6 Å². The van der Waals surface area contributed by atoms with Crippen LogP contribution < -0.4 is 10.2 Å². The molecule has 0 radical (unpaired) electrons. The van der Waals surface area contributed by atoms with Crippen LogP contribution >= 0.6 is 0 Å². The molecule has 1 aliphatic heterocycles. The van der Waals surface area contributed by atoms with E-state index in [-0.39, 0.29) is 23.9 Å². The quantitative estimate of drug-likeness (QED) is 0.919. The molecule has 1 aromatic heterocycles. The minimum Gasteiger partial charge on any atom is -0.349 e. The van der Waals surface area contributed by atoms with Crippen LogP contribution in [0.3, 0.4) is 0 Å². The summed E-state index contributed by atoms with van der Waals surface area (Å²) in [7, 11) is 0. The highest BCUT2D eigenvalue weighted by Gasteiger charge is 2.35. The molecule has 1 aromatic carbocycles. The SMILES string of the molecule is CC1CC(NC(=O)CC2CC2)c2ccccc2N1C(=O)c1cccnc1. The topological polar surface area (TPSA) is 62.3 Å². The molecular formula is C21H23N3O2. The van der Waals surface area contributed by atoms with Crippen molar-refractivity contribution >= 4 is 17.5 Å². The largest absolute Gasteiger partial charge is 0.349 e. The third-order valence-corrected chi connectivity index (χ3v) is 5.22. The van der Waals surface area contributed by atoms with E-state index in [0.717, 1.165) is 11.3 Å². The lowest BCUT2D eigenvalue weighted by molar-refractivity contribution is -0.122. The lowest BCUT2D eigenvalue weighted by Crippen LogP contribution is -2.46. The number of anilines is 1. The normalized spacial score (nSPS) is 21.8. The first-order chi connectivity index (χ1) is 12.6. The number of aromatic nitrogens is 1. The molecule has 0 saturated heterocycles. The number of para-hydroxylation sites is 1. The van der Waals surface area contributed by atoms with Gasteiger partial charge in [0, 0.05) is 30.5 Å². The van der Waals surface area contributed by atoms with E-state index < -0.39 is 0 Å². The summed E-state index contributed by atoms with van der Waals surface area (Å²) in [6.45, 7) is 2.03. The summed E-state index contributed by atoms with van der Waals surface area (Å²) in [5, 5.41) is 3.19. The fourth-order valence-electron chi connectivity index (χ4n) is 3.72. The minimum absolute atomic E-state index is 0.0103. The number of fused-ring (bicyclic) bond motifs is 1. The molecule has 2 amide bonds. The van der Waals surface area contributed by atoms with Gasteiger partial charge in [-0.15, -0.1) is 0 Å². The Kier molecular flexibility index (Phi) is 4.45. The van der Waals surface area contributed by atoms with Gasteiger partial charge >= 0.3 is 0 Å². The van der Waals surface area contributed by atoms with Crippen LogP contribution in [-0.4, -0.2) is 22.8 Å². The Morgan fingerprint density at radius 1 is 1.19 bits per heavy atom. The van der Waals surface area contributed by atoms with Crippen LogP contribution in [0.2, 0.25) is 0 Å². The fraction of sp³-hybridized carbons (Fsp3) is 0.381. The van der Waals surface area contributed by atoms with Gasteiger partial charge in [-0.25, -0.2) is 0 Å². The van der Waals surface area contributed by atoms with Gasteiger partial charge < -0.3 is 10.2 Å². The fourth-order valence-corrected chi connectivity index (χ4v) is 3.72. The van der Waals surface area contributed by atoms with Crippen LogP contribution in [0.4, 0.5) is 5.69 Å². The van der Waals surface area contributed by atoms with Crippen molar-refractivity contribution in [2.24, 2.45) is 5.92 Å². The molecule has 1 saturated carbocycles. The predicted octanol–water partition coefficient (Wildman–Crippen LogP) is 3.48. The number of pyridine rings is 1. The van der Waals surface area contributed by atoms with E-state index in [1.54, 1.807) is 24.5 Å². The van der Waals surface area contributed by atoms with E-state index in [9.17, 15) is 9.59 Å². The molecule has 2 aliphatic rings.